The number of carboxylic acids is 1. The minimum Gasteiger partial charge on any atom is -0.481 e. The number of allylic oxidation sites excluding steroid dienone is 1. The molecular weight excluding hydrogens is 536 g/mol. The summed E-state index contributed by atoms with van der Waals surface area (Å²) < 4.78 is 54.6. The van der Waals surface area contributed by atoms with Crippen LogP contribution >= 0.6 is 11.3 Å². The van der Waals surface area contributed by atoms with Crippen LogP contribution in [0.2, 0.25) is 0 Å². The highest BCUT2D eigenvalue weighted by molar-refractivity contribution is 7.15. The predicted molar refractivity (Wildman–Crippen MR) is 137 cm³/mol. The molecule has 0 aliphatic heterocycles. The van der Waals surface area contributed by atoms with Crippen molar-refractivity contribution < 1.29 is 32.6 Å². The summed E-state index contributed by atoms with van der Waals surface area (Å²) >= 11 is 1.16. The van der Waals surface area contributed by atoms with Crippen molar-refractivity contribution in [2.24, 2.45) is 5.92 Å². The van der Waals surface area contributed by atoms with Gasteiger partial charge in [0.1, 0.15) is 33.8 Å². The molecule has 3 atom stereocenters. The van der Waals surface area contributed by atoms with Gasteiger partial charge < -0.3 is 15.5 Å². The van der Waals surface area contributed by atoms with Crippen molar-refractivity contribution in [2.45, 2.75) is 50.6 Å². The van der Waals surface area contributed by atoms with E-state index in [0.29, 0.717) is 39.6 Å². The predicted octanol–water partition coefficient (Wildman–Crippen LogP) is 6.34. The Morgan fingerprint density at radius 3 is 2.69 bits per heavy atom. The molecule has 0 radical (unpaired) electrons. The summed E-state index contributed by atoms with van der Waals surface area (Å²) in [7, 11) is 0. The molecule has 0 bridgehead atoms. The molecule has 7 nitrogen and oxygen atoms in total. The Morgan fingerprint density at radius 1 is 1.21 bits per heavy atom. The average molecular weight is 561 g/mol. The van der Waals surface area contributed by atoms with E-state index >= 15 is 4.39 Å². The second-order valence-electron chi connectivity index (χ2n) is 9.93. The number of nitrogens with one attached hydrogen (secondary N) is 1. The van der Waals surface area contributed by atoms with Gasteiger partial charge >= 0.3 is 12.1 Å². The molecule has 39 heavy (non-hydrogen) atoms. The van der Waals surface area contributed by atoms with E-state index < -0.39 is 34.9 Å². The average Bonchev–Trinajstić information content (AvgIpc) is 3.34. The summed E-state index contributed by atoms with van der Waals surface area (Å²) in [5.41, 5.74) is -2.46. The normalized spacial score (nSPS) is 24.9. The van der Waals surface area contributed by atoms with E-state index in [4.69, 9.17) is 0 Å². The van der Waals surface area contributed by atoms with Gasteiger partial charge in [-0.2, -0.15) is 13.2 Å². The molecule has 2 aliphatic rings. The minimum atomic E-state index is -4.51. The molecule has 0 aromatic carbocycles. The molecule has 3 unspecified atom stereocenters. The molecule has 0 amide bonds. The van der Waals surface area contributed by atoms with E-state index in [2.05, 4.69) is 20.3 Å². The molecule has 0 spiro atoms. The molecule has 3 aromatic heterocycles. The van der Waals surface area contributed by atoms with Gasteiger partial charge in [0, 0.05) is 12.4 Å². The summed E-state index contributed by atoms with van der Waals surface area (Å²) in [6.45, 7) is 2.98. The van der Waals surface area contributed by atoms with Crippen LogP contribution in [0.1, 0.15) is 42.3 Å². The number of pyridine rings is 2. The van der Waals surface area contributed by atoms with Gasteiger partial charge in [0.05, 0.1) is 16.1 Å². The number of carbonyl (C=O) groups is 1. The van der Waals surface area contributed by atoms with Crippen LogP contribution in [0.4, 0.5) is 29.2 Å². The van der Waals surface area contributed by atoms with Crippen molar-refractivity contribution in [3.05, 3.63) is 76.1 Å². The van der Waals surface area contributed by atoms with Crippen LogP contribution in [0.5, 0.6) is 0 Å². The lowest BCUT2D eigenvalue weighted by atomic mass is 9.69. The SMILES string of the molecule is Cc1cc(Nc2cc(C(F)(F)F)ccn2)nc(-c2cnc(C3(O)CCCC4=CC(C(=O)O)C(C)(F)C=C43)s2)c1. The smallest absolute Gasteiger partial charge is 0.416 e. The van der Waals surface area contributed by atoms with E-state index in [-0.39, 0.29) is 18.1 Å². The second kappa shape index (κ2) is 9.53. The maximum Gasteiger partial charge on any atom is 0.416 e. The summed E-state index contributed by atoms with van der Waals surface area (Å²) in [5.74, 6) is -2.37. The van der Waals surface area contributed by atoms with Gasteiger partial charge in [-0.1, -0.05) is 6.08 Å². The number of nitrogens with zero attached hydrogens (tertiary/aromatic N) is 3. The van der Waals surface area contributed by atoms with Gasteiger partial charge in [-0.15, -0.1) is 11.3 Å². The zero-order chi connectivity index (χ0) is 28.2. The van der Waals surface area contributed by atoms with Crippen LogP contribution in [0.25, 0.3) is 10.6 Å². The number of aliphatic carboxylic acids is 1. The van der Waals surface area contributed by atoms with Gasteiger partial charge in [0.15, 0.2) is 0 Å². The largest absolute Gasteiger partial charge is 0.481 e. The number of carboxylic acid groups (broad SMARTS) is 1. The van der Waals surface area contributed by atoms with Crippen LogP contribution in [0.3, 0.4) is 0 Å². The number of anilines is 2. The summed E-state index contributed by atoms with van der Waals surface area (Å²) in [6, 6.07) is 5.20. The van der Waals surface area contributed by atoms with Gasteiger partial charge in [0.25, 0.3) is 0 Å². The molecule has 5 rings (SSSR count). The molecule has 12 heteroatoms. The minimum absolute atomic E-state index is 0.0205. The van der Waals surface area contributed by atoms with Crippen molar-refractivity contribution >= 4 is 28.9 Å². The Morgan fingerprint density at radius 2 is 1.97 bits per heavy atom. The number of aryl methyl sites for hydroxylation is 1. The Bertz CT molecular complexity index is 1510. The van der Waals surface area contributed by atoms with E-state index in [0.717, 1.165) is 35.2 Å². The van der Waals surface area contributed by atoms with Gasteiger partial charge in [-0.05, 0) is 80.2 Å². The molecule has 2 aliphatic carbocycles. The van der Waals surface area contributed by atoms with Crippen molar-refractivity contribution in [3.63, 3.8) is 0 Å². The van der Waals surface area contributed by atoms with E-state index in [9.17, 15) is 28.2 Å². The van der Waals surface area contributed by atoms with Gasteiger partial charge in [0.2, 0.25) is 0 Å². The lowest BCUT2D eigenvalue weighted by molar-refractivity contribution is -0.143. The number of thiazole rings is 1. The maximum atomic E-state index is 15.3. The van der Waals surface area contributed by atoms with Crippen molar-refractivity contribution in [1.82, 2.24) is 15.0 Å². The second-order valence-corrected chi connectivity index (χ2v) is 11.0. The number of aliphatic hydroxyl groups is 1. The first kappa shape index (κ1) is 26.9. The molecule has 3 N–H and O–H groups in total. The van der Waals surface area contributed by atoms with E-state index in [1.54, 1.807) is 19.1 Å². The Balaban J connectivity index is 1.46. The lowest BCUT2D eigenvalue weighted by Gasteiger charge is -2.40. The third-order valence-electron chi connectivity index (χ3n) is 6.87. The first-order valence-electron chi connectivity index (χ1n) is 12.1. The monoisotopic (exact) mass is 560 g/mol. The first-order chi connectivity index (χ1) is 18.3. The topological polar surface area (TPSA) is 108 Å². The number of aromatic nitrogens is 3. The molecule has 204 valence electrons. The summed E-state index contributed by atoms with van der Waals surface area (Å²) in [6.07, 6.45) is 2.03. The highest BCUT2D eigenvalue weighted by Crippen LogP contribution is 2.50. The van der Waals surface area contributed by atoms with Crippen molar-refractivity contribution in [1.29, 1.82) is 0 Å². The number of fused-ring (bicyclic) bond motifs is 1. The molecule has 1 saturated carbocycles. The molecule has 1 fully saturated rings. The van der Waals surface area contributed by atoms with E-state index in [1.807, 2.05) is 0 Å². The first-order valence-corrected chi connectivity index (χ1v) is 12.9. The summed E-state index contributed by atoms with van der Waals surface area (Å²) in [5, 5.41) is 24.3. The highest BCUT2D eigenvalue weighted by atomic mass is 32.1. The Kier molecular flexibility index (Phi) is 6.58. The van der Waals surface area contributed by atoms with Crippen LogP contribution in [0.15, 0.2) is 60.0 Å². The van der Waals surface area contributed by atoms with E-state index in [1.165, 1.54) is 25.3 Å². The highest BCUT2D eigenvalue weighted by Gasteiger charge is 2.48. The van der Waals surface area contributed by atoms with Crippen molar-refractivity contribution in [3.8, 4) is 10.6 Å². The molecule has 3 heterocycles. The Labute approximate surface area is 225 Å². The van der Waals surface area contributed by atoms with Crippen LogP contribution in [-0.4, -0.2) is 36.8 Å². The number of rotatable bonds is 5. The maximum absolute atomic E-state index is 15.3. The quantitative estimate of drug-likeness (QED) is 0.313. The third kappa shape index (κ3) is 5.18. The number of alkyl halides is 4. The lowest BCUT2D eigenvalue weighted by Crippen LogP contribution is -2.41. The molecule has 0 saturated heterocycles. The third-order valence-corrected chi connectivity index (χ3v) is 8.04. The number of hydrogen-bond donors (Lipinski definition) is 3. The fourth-order valence-corrected chi connectivity index (χ4v) is 5.98. The zero-order valence-electron chi connectivity index (χ0n) is 20.9. The number of halogens is 4. The van der Waals surface area contributed by atoms with Gasteiger partial charge in [-0.25, -0.2) is 19.3 Å². The Hall–Kier alpha value is -3.64. The fourth-order valence-electron chi connectivity index (χ4n) is 4.97. The van der Waals surface area contributed by atoms with Crippen LogP contribution < -0.4 is 5.32 Å². The zero-order valence-corrected chi connectivity index (χ0v) is 21.7. The van der Waals surface area contributed by atoms with Gasteiger partial charge in [-0.3, -0.25) is 4.79 Å². The van der Waals surface area contributed by atoms with Crippen LogP contribution in [-0.2, 0) is 16.6 Å². The van der Waals surface area contributed by atoms with Crippen molar-refractivity contribution in [2.75, 3.05) is 5.32 Å². The standard InChI is InChI=1S/C27H24F4N4O3S/c1-14-8-19(34-22(9-14)35-21-11-16(5-7-32-21)27(29,30)31)20-13-33-24(39-20)26(38)6-3-4-15-10-17(23(36)37)25(2,28)12-18(15)26/h5,7-13,17,38H,3-4,6H2,1-2H3,(H,36,37)(H,32,34,35). The summed E-state index contributed by atoms with van der Waals surface area (Å²) in [4.78, 5) is 25.1. The fraction of sp³-hybridized carbons (Fsp3) is 0.333. The number of hydrogen-bond acceptors (Lipinski definition) is 7. The molecular formula is C27H24F4N4O3S. The molecule has 3 aromatic rings. The van der Waals surface area contributed by atoms with Crippen LogP contribution in [0, 0.1) is 12.8 Å².